The molecule has 1 rings (SSSR count). The number of nitrogens with one attached hydrogen (secondary N) is 1. The van der Waals surface area contributed by atoms with Gasteiger partial charge in [0.2, 0.25) is 5.91 Å². The summed E-state index contributed by atoms with van der Waals surface area (Å²) in [5.74, 6) is 5.14. The van der Waals surface area contributed by atoms with Crippen LogP contribution in [-0.4, -0.2) is 30.9 Å². The Morgan fingerprint density at radius 3 is 2.42 bits per heavy atom. The van der Waals surface area contributed by atoms with Gasteiger partial charge in [0.05, 0.1) is 0 Å². The van der Waals surface area contributed by atoms with Crippen LogP contribution in [0.25, 0.3) is 0 Å². The number of likely N-dealkylation sites (tertiary alicyclic amines) is 1. The minimum Gasteiger partial charge on any atom is -0.306 e. The summed E-state index contributed by atoms with van der Waals surface area (Å²) in [5, 5.41) is 0. The molecule has 0 aromatic rings. The predicted octanol–water partition coefficient (Wildman–Crippen LogP) is -0.260. The Balaban J connectivity index is 0.00000121. The number of halogens is 1. The first-order valence-corrected chi connectivity index (χ1v) is 3.93. The zero-order valence-electron chi connectivity index (χ0n) is 7.25. The summed E-state index contributed by atoms with van der Waals surface area (Å²) in [6.07, 6.45) is 1.86. The highest BCUT2D eigenvalue weighted by molar-refractivity contribution is 5.85. The summed E-state index contributed by atoms with van der Waals surface area (Å²) in [6.45, 7) is 2.00. The van der Waals surface area contributed by atoms with E-state index in [0.29, 0.717) is 0 Å². The first-order chi connectivity index (χ1) is 5.24. The minimum atomic E-state index is -0.0156. The van der Waals surface area contributed by atoms with Gasteiger partial charge in [0.25, 0.3) is 0 Å². The van der Waals surface area contributed by atoms with E-state index in [1.165, 1.54) is 0 Å². The van der Waals surface area contributed by atoms with E-state index in [2.05, 4.69) is 17.4 Å². The van der Waals surface area contributed by atoms with Gasteiger partial charge in [-0.3, -0.25) is 10.2 Å². The zero-order valence-corrected chi connectivity index (χ0v) is 8.06. The van der Waals surface area contributed by atoms with Crippen molar-refractivity contribution in [1.29, 1.82) is 0 Å². The van der Waals surface area contributed by atoms with Crippen molar-refractivity contribution in [3.63, 3.8) is 0 Å². The Labute approximate surface area is 78.9 Å². The largest absolute Gasteiger partial charge is 0.306 e. The zero-order chi connectivity index (χ0) is 8.27. The Morgan fingerprint density at radius 2 is 2.00 bits per heavy atom. The van der Waals surface area contributed by atoms with E-state index in [0.717, 1.165) is 25.9 Å². The van der Waals surface area contributed by atoms with E-state index < -0.39 is 0 Å². The van der Waals surface area contributed by atoms with E-state index in [1.807, 2.05) is 0 Å². The Kier molecular flexibility index (Phi) is 5.20. The Hall–Kier alpha value is -0.320. The number of hydrogen-bond acceptors (Lipinski definition) is 3. The number of hydrazine groups is 1. The van der Waals surface area contributed by atoms with Gasteiger partial charge in [0.15, 0.2) is 0 Å². The number of piperidine rings is 1. The van der Waals surface area contributed by atoms with Crippen LogP contribution in [0.1, 0.15) is 12.8 Å². The summed E-state index contributed by atoms with van der Waals surface area (Å²) in [5.41, 5.74) is 2.19. The molecule has 4 nitrogen and oxygen atoms in total. The molecule has 12 heavy (non-hydrogen) atoms. The minimum absolute atomic E-state index is 0. The SMILES string of the molecule is CN1CCC(C(=O)NN)CC1.Cl. The average Bonchev–Trinajstić information content (AvgIpc) is 2.05. The summed E-state index contributed by atoms with van der Waals surface area (Å²) < 4.78 is 0. The maximum absolute atomic E-state index is 11.0. The van der Waals surface area contributed by atoms with Gasteiger partial charge < -0.3 is 4.90 Å². The van der Waals surface area contributed by atoms with Crippen molar-refractivity contribution in [1.82, 2.24) is 10.3 Å². The molecule has 0 aromatic heterocycles. The molecule has 1 saturated heterocycles. The van der Waals surface area contributed by atoms with Crippen molar-refractivity contribution in [2.75, 3.05) is 20.1 Å². The van der Waals surface area contributed by atoms with E-state index >= 15 is 0 Å². The lowest BCUT2D eigenvalue weighted by molar-refractivity contribution is -0.126. The monoisotopic (exact) mass is 193 g/mol. The maximum Gasteiger partial charge on any atom is 0.237 e. The molecule has 72 valence electrons. The summed E-state index contributed by atoms with van der Waals surface area (Å²) in [4.78, 5) is 13.2. The van der Waals surface area contributed by atoms with E-state index in [-0.39, 0.29) is 24.2 Å². The van der Waals surface area contributed by atoms with Crippen LogP contribution >= 0.6 is 12.4 Å². The van der Waals surface area contributed by atoms with Crippen LogP contribution in [0.2, 0.25) is 0 Å². The molecule has 1 aliphatic heterocycles. The topological polar surface area (TPSA) is 58.4 Å². The number of nitrogens with zero attached hydrogens (tertiary/aromatic N) is 1. The molecular formula is C7H16ClN3O. The second kappa shape index (κ2) is 5.35. The molecule has 0 aromatic carbocycles. The average molecular weight is 194 g/mol. The highest BCUT2D eigenvalue weighted by Gasteiger charge is 2.22. The van der Waals surface area contributed by atoms with Crippen molar-refractivity contribution in [2.45, 2.75) is 12.8 Å². The van der Waals surface area contributed by atoms with Crippen LogP contribution in [0.5, 0.6) is 0 Å². The first-order valence-electron chi connectivity index (χ1n) is 3.93. The third kappa shape index (κ3) is 2.97. The molecule has 1 amide bonds. The summed E-state index contributed by atoms with van der Waals surface area (Å²) >= 11 is 0. The Bertz CT molecular complexity index is 146. The van der Waals surface area contributed by atoms with Crippen molar-refractivity contribution >= 4 is 18.3 Å². The molecule has 0 aliphatic carbocycles. The first kappa shape index (κ1) is 11.7. The molecule has 1 fully saturated rings. The Morgan fingerprint density at radius 1 is 1.50 bits per heavy atom. The van der Waals surface area contributed by atoms with E-state index in [4.69, 9.17) is 5.84 Å². The fourth-order valence-electron chi connectivity index (χ4n) is 1.39. The number of nitrogens with two attached hydrogens (primary N) is 1. The molecule has 1 heterocycles. The molecule has 5 heteroatoms. The third-order valence-electron chi connectivity index (χ3n) is 2.23. The third-order valence-corrected chi connectivity index (χ3v) is 2.23. The predicted molar refractivity (Wildman–Crippen MR) is 49.8 cm³/mol. The van der Waals surface area contributed by atoms with Crippen LogP contribution < -0.4 is 11.3 Å². The van der Waals surface area contributed by atoms with E-state index in [1.54, 1.807) is 0 Å². The lowest BCUT2D eigenvalue weighted by Crippen LogP contribution is -2.41. The second-order valence-corrected chi connectivity index (χ2v) is 3.09. The van der Waals surface area contributed by atoms with Crippen molar-refractivity contribution < 1.29 is 4.79 Å². The van der Waals surface area contributed by atoms with Gasteiger partial charge in [0.1, 0.15) is 0 Å². The standard InChI is InChI=1S/C7H15N3O.ClH/c1-10-4-2-6(3-5-10)7(11)9-8;/h6H,2-5,8H2,1H3,(H,9,11);1H. The van der Waals surface area contributed by atoms with Crippen LogP contribution in [0.3, 0.4) is 0 Å². The molecule has 0 saturated carbocycles. The van der Waals surface area contributed by atoms with Crippen molar-refractivity contribution in [2.24, 2.45) is 11.8 Å². The highest BCUT2D eigenvalue weighted by atomic mass is 35.5. The van der Waals surface area contributed by atoms with Gasteiger partial charge in [-0.15, -0.1) is 12.4 Å². The summed E-state index contributed by atoms with van der Waals surface area (Å²) in [7, 11) is 2.07. The second-order valence-electron chi connectivity index (χ2n) is 3.09. The molecule has 0 spiro atoms. The molecule has 0 atom stereocenters. The van der Waals surface area contributed by atoms with Crippen LogP contribution in [-0.2, 0) is 4.79 Å². The molecular weight excluding hydrogens is 178 g/mol. The smallest absolute Gasteiger partial charge is 0.237 e. The number of carbonyl (C=O) groups excluding carboxylic acids is 1. The molecule has 0 unspecified atom stereocenters. The number of hydrogen-bond donors (Lipinski definition) is 2. The fraction of sp³-hybridized carbons (Fsp3) is 0.857. The van der Waals surface area contributed by atoms with Crippen LogP contribution in [0.4, 0.5) is 0 Å². The fourth-order valence-corrected chi connectivity index (χ4v) is 1.39. The van der Waals surface area contributed by atoms with Crippen LogP contribution in [0.15, 0.2) is 0 Å². The maximum atomic E-state index is 11.0. The van der Waals surface area contributed by atoms with Gasteiger partial charge in [-0.1, -0.05) is 0 Å². The van der Waals surface area contributed by atoms with Gasteiger partial charge in [-0.2, -0.15) is 0 Å². The number of rotatable bonds is 1. The van der Waals surface area contributed by atoms with Gasteiger partial charge in [0, 0.05) is 5.92 Å². The summed E-state index contributed by atoms with van der Waals surface area (Å²) in [6, 6.07) is 0. The van der Waals surface area contributed by atoms with E-state index in [9.17, 15) is 4.79 Å². The van der Waals surface area contributed by atoms with Crippen LogP contribution in [0, 0.1) is 5.92 Å². The highest BCUT2D eigenvalue weighted by Crippen LogP contribution is 2.15. The van der Waals surface area contributed by atoms with Crippen molar-refractivity contribution in [3.05, 3.63) is 0 Å². The molecule has 1 aliphatic rings. The molecule has 3 N–H and O–H groups in total. The molecule has 0 radical (unpaired) electrons. The molecule has 0 bridgehead atoms. The normalized spacial score (nSPS) is 19.8. The lowest BCUT2D eigenvalue weighted by atomic mass is 9.97. The van der Waals surface area contributed by atoms with Gasteiger partial charge in [-0.25, -0.2) is 5.84 Å². The van der Waals surface area contributed by atoms with Gasteiger partial charge in [-0.05, 0) is 33.0 Å². The lowest BCUT2D eigenvalue weighted by Gasteiger charge is -2.27. The van der Waals surface area contributed by atoms with Crippen molar-refractivity contribution in [3.8, 4) is 0 Å². The quantitative estimate of drug-likeness (QED) is 0.343. The number of amides is 1. The number of carbonyl (C=O) groups is 1. The van der Waals surface area contributed by atoms with Gasteiger partial charge >= 0.3 is 0 Å².